The molecule has 32 heavy (non-hydrogen) atoms. The van der Waals surface area contributed by atoms with E-state index in [4.69, 9.17) is 0 Å². The second kappa shape index (κ2) is 7.49. The van der Waals surface area contributed by atoms with Gasteiger partial charge in [0.15, 0.2) is 5.78 Å². The summed E-state index contributed by atoms with van der Waals surface area (Å²) in [5.74, 6) is 0.345. The highest BCUT2D eigenvalue weighted by atomic mass is 16.3. The molecule has 4 aliphatic carbocycles. The van der Waals surface area contributed by atoms with E-state index in [1.54, 1.807) is 6.20 Å². The Morgan fingerprint density at radius 2 is 2.03 bits per heavy atom. The van der Waals surface area contributed by atoms with Crippen molar-refractivity contribution in [3.05, 3.63) is 41.7 Å². The maximum Gasteiger partial charge on any atom is 0.252 e. The highest BCUT2D eigenvalue weighted by molar-refractivity contribution is 5.91. The first-order chi connectivity index (χ1) is 15.2. The van der Waals surface area contributed by atoms with E-state index in [2.05, 4.69) is 17.2 Å². The van der Waals surface area contributed by atoms with Crippen molar-refractivity contribution < 1.29 is 19.8 Å². The van der Waals surface area contributed by atoms with Gasteiger partial charge in [-0.15, -0.1) is 0 Å². The molecule has 0 spiro atoms. The van der Waals surface area contributed by atoms with E-state index in [9.17, 15) is 19.8 Å². The van der Waals surface area contributed by atoms with Crippen LogP contribution in [0, 0.1) is 28.6 Å². The third-order valence-electron chi connectivity index (χ3n) is 9.58. The molecule has 1 aromatic heterocycles. The fourth-order valence-electron chi connectivity index (χ4n) is 7.88. The van der Waals surface area contributed by atoms with E-state index in [0.717, 1.165) is 31.4 Å². The molecule has 7 atom stereocenters. The number of aromatic nitrogens is 1. The first-order valence-corrected chi connectivity index (χ1v) is 12.0. The monoisotopic (exact) mass is 438 g/mol. The van der Waals surface area contributed by atoms with Gasteiger partial charge in [0, 0.05) is 18.0 Å². The summed E-state index contributed by atoms with van der Waals surface area (Å²) in [5.41, 5.74) is -0.403. The summed E-state index contributed by atoms with van der Waals surface area (Å²) in [7, 11) is 0. The lowest BCUT2D eigenvalue weighted by Crippen LogP contribution is -2.63. The lowest BCUT2D eigenvalue weighted by Gasteiger charge is -2.60. The maximum atomic E-state index is 13.3. The minimum absolute atomic E-state index is 0.0765. The average Bonchev–Trinajstić information content (AvgIpc) is 3.04. The highest BCUT2D eigenvalue weighted by Gasteiger charge is 2.68. The molecule has 3 saturated carbocycles. The Morgan fingerprint density at radius 1 is 1.22 bits per heavy atom. The van der Waals surface area contributed by atoms with E-state index >= 15 is 0 Å². The third-order valence-corrected chi connectivity index (χ3v) is 9.58. The average molecular weight is 439 g/mol. The van der Waals surface area contributed by atoms with Crippen molar-refractivity contribution in [2.24, 2.45) is 28.6 Å². The van der Waals surface area contributed by atoms with Crippen LogP contribution >= 0.6 is 0 Å². The van der Waals surface area contributed by atoms with Crippen LogP contribution in [0.15, 0.2) is 36.0 Å². The molecule has 0 aliphatic heterocycles. The molecule has 5 rings (SSSR count). The molecule has 0 aromatic carbocycles. The van der Waals surface area contributed by atoms with Crippen molar-refractivity contribution >= 4 is 11.7 Å². The van der Waals surface area contributed by atoms with Crippen molar-refractivity contribution in [2.45, 2.75) is 77.0 Å². The number of allylic oxidation sites excluding steroid dienone is 1. The predicted molar refractivity (Wildman–Crippen MR) is 119 cm³/mol. The molecule has 3 fully saturated rings. The van der Waals surface area contributed by atoms with Crippen molar-refractivity contribution in [1.82, 2.24) is 10.3 Å². The molecule has 1 aromatic rings. The number of fused-ring (bicyclic) bond motifs is 5. The Balaban J connectivity index is 1.40. The topological polar surface area (TPSA) is 99.5 Å². The van der Waals surface area contributed by atoms with Gasteiger partial charge in [-0.2, -0.15) is 0 Å². The van der Waals surface area contributed by atoms with Crippen LogP contribution in [0.3, 0.4) is 0 Å². The zero-order chi connectivity index (χ0) is 22.7. The van der Waals surface area contributed by atoms with E-state index in [1.807, 2.05) is 31.2 Å². The van der Waals surface area contributed by atoms with Gasteiger partial charge < -0.3 is 15.5 Å². The summed E-state index contributed by atoms with van der Waals surface area (Å²) < 4.78 is 0. The van der Waals surface area contributed by atoms with Gasteiger partial charge in [0.1, 0.15) is 5.60 Å². The Hall–Kier alpha value is -2.05. The van der Waals surface area contributed by atoms with E-state index in [-0.39, 0.29) is 41.4 Å². The number of amides is 1. The number of aliphatic hydroxyl groups is 2. The van der Waals surface area contributed by atoms with Gasteiger partial charge in [-0.1, -0.05) is 25.5 Å². The smallest absolute Gasteiger partial charge is 0.252 e. The molecule has 6 nitrogen and oxygen atoms in total. The molecular formula is C26H34N2O4. The van der Waals surface area contributed by atoms with Crippen LogP contribution in [0.5, 0.6) is 0 Å². The lowest BCUT2D eigenvalue weighted by atomic mass is 9.45. The van der Waals surface area contributed by atoms with Crippen molar-refractivity contribution in [2.75, 3.05) is 0 Å². The standard InChI is InChI=1S/C26H34N2O4/c1-24-10-8-18(29)13-16(24)6-7-19-20-9-11-26(32,25(20,2)14-21(30)22(19)24)23(31)28-15-17-5-3-4-12-27-17/h3-5,12-13,19-22,30,32H,6-11,14-15H2,1-2H3,(H,28,31)/t19?,20?,21-,22?,24?,25?,26-/m0/s1. The molecule has 0 saturated heterocycles. The van der Waals surface area contributed by atoms with Crippen LogP contribution in [0.1, 0.15) is 64.5 Å². The second-order valence-corrected chi connectivity index (χ2v) is 11.0. The summed E-state index contributed by atoms with van der Waals surface area (Å²) in [6, 6.07) is 5.55. The maximum absolute atomic E-state index is 13.3. The molecule has 3 N–H and O–H groups in total. The van der Waals surface area contributed by atoms with Crippen LogP contribution in [-0.2, 0) is 16.1 Å². The van der Waals surface area contributed by atoms with E-state index < -0.39 is 17.1 Å². The zero-order valence-electron chi connectivity index (χ0n) is 19.0. The van der Waals surface area contributed by atoms with Gasteiger partial charge in [0.25, 0.3) is 5.91 Å². The van der Waals surface area contributed by atoms with Gasteiger partial charge in [0.05, 0.1) is 18.3 Å². The number of aliphatic hydroxyl groups excluding tert-OH is 1. The Kier molecular flexibility index (Phi) is 5.10. The molecule has 172 valence electrons. The second-order valence-electron chi connectivity index (χ2n) is 11.0. The van der Waals surface area contributed by atoms with Gasteiger partial charge >= 0.3 is 0 Å². The molecule has 0 bridgehead atoms. The zero-order valence-corrected chi connectivity index (χ0v) is 19.0. The molecule has 4 aliphatic rings. The fraction of sp³-hybridized carbons (Fsp3) is 0.654. The molecular weight excluding hydrogens is 404 g/mol. The summed E-state index contributed by atoms with van der Waals surface area (Å²) in [6.07, 6.45) is 7.62. The van der Waals surface area contributed by atoms with Crippen LogP contribution in [-0.4, -0.2) is 38.6 Å². The molecule has 1 amide bonds. The van der Waals surface area contributed by atoms with Crippen LogP contribution in [0.2, 0.25) is 0 Å². The quantitative estimate of drug-likeness (QED) is 0.674. The SMILES string of the molecule is CC12CCC(=O)C=C1CCC1C2[C@@H](O)CC2(C)C1CC[C@]2(O)C(=O)NCc1ccccn1. The first-order valence-electron chi connectivity index (χ1n) is 12.0. The predicted octanol–water partition coefficient (Wildman–Crippen LogP) is 2.93. The number of rotatable bonds is 3. The number of carbonyl (C=O) groups excluding carboxylic acids is 2. The largest absolute Gasteiger partial charge is 0.393 e. The lowest BCUT2D eigenvalue weighted by molar-refractivity contribution is -0.182. The number of pyridine rings is 1. The van der Waals surface area contributed by atoms with Crippen molar-refractivity contribution in [1.29, 1.82) is 0 Å². The molecule has 1 heterocycles. The number of ketones is 1. The highest BCUT2D eigenvalue weighted by Crippen LogP contribution is 2.67. The van der Waals surface area contributed by atoms with Crippen molar-refractivity contribution in [3.8, 4) is 0 Å². The minimum Gasteiger partial charge on any atom is -0.393 e. The molecule has 6 heteroatoms. The molecule has 5 unspecified atom stereocenters. The third kappa shape index (κ3) is 3.02. The van der Waals surface area contributed by atoms with Gasteiger partial charge in [0.2, 0.25) is 0 Å². The van der Waals surface area contributed by atoms with Gasteiger partial charge in [-0.3, -0.25) is 14.6 Å². The van der Waals surface area contributed by atoms with Crippen molar-refractivity contribution in [3.63, 3.8) is 0 Å². The Bertz CT molecular complexity index is 962. The number of hydrogen-bond donors (Lipinski definition) is 3. The van der Waals surface area contributed by atoms with E-state index in [1.165, 1.54) is 5.57 Å². The number of nitrogens with zero attached hydrogens (tertiary/aromatic N) is 1. The molecule has 0 radical (unpaired) electrons. The Labute approximate surface area is 189 Å². The van der Waals surface area contributed by atoms with Crippen LogP contribution in [0.25, 0.3) is 0 Å². The summed E-state index contributed by atoms with van der Waals surface area (Å²) >= 11 is 0. The summed E-state index contributed by atoms with van der Waals surface area (Å²) in [5, 5.41) is 26.1. The summed E-state index contributed by atoms with van der Waals surface area (Å²) in [4.78, 5) is 29.6. The number of hydrogen-bond acceptors (Lipinski definition) is 5. The Morgan fingerprint density at radius 3 is 2.78 bits per heavy atom. The number of nitrogens with one attached hydrogen (secondary N) is 1. The van der Waals surface area contributed by atoms with Gasteiger partial charge in [-0.25, -0.2) is 0 Å². The summed E-state index contributed by atoms with van der Waals surface area (Å²) in [6.45, 7) is 4.49. The van der Waals surface area contributed by atoms with Crippen LogP contribution < -0.4 is 5.32 Å². The van der Waals surface area contributed by atoms with E-state index in [0.29, 0.717) is 19.3 Å². The fourth-order valence-corrected chi connectivity index (χ4v) is 7.88. The van der Waals surface area contributed by atoms with Crippen LogP contribution in [0.4, 0.5) is 0 Å². The first kappa shape index (κ1) is 21.8. The normalized spacial score (nSPS) is 43.0. The minimum atomic E-state index is -1.50. The number of carbonyl (C=O) groups is 2. The van der Waals surface area contributed by atoms with Gasteiger partial charge in [-0.05, 0) is 79.9 Å².